The van der Waals surface area contributed by atoms with Crippen LogP contribution < -0.4 is 15.0 Å². The third-order valence-electron chi connectivity index (χ3n) is 6.07. The normalized spacial score (nSPS) is 13.6. The molecule has 9 heteroatoms. The Balaban J connectivity index is 1.31. The molecule has 38 heavy (non-hydrogen) atoms. The van der Waals surface area contributed by atoms with Crippen LogP contribution in [0.3, 0.4) is 0 Å². The Labute approximate surface area is 237 Å². The van der Waals surface area contributed by atoms with Crippen LogP contribution in [0.25, 0.3) is 6.08 Å². The summed E-state index contributed by atoms with van der Waals surface area (Å²) in [5.41, 5.74) is 2.77. The summed E-state index contributed by atoms with van der Waals surface area (Å²) in [6.07, 6.45) is 3.96. The standard InChI is InChI=1S/C29H28Cl3N3O3/c1-2-17-38-24-9-4-21(5-10-24)29(37)35-15-13-34(14-16-35)27-11-8-23(19-26(27)32)33-28(36)12-6-20-3-7-22(30)18-25(20)31/h3-12,18-19H,2,13-17H2,1H3,(H,33,36)/b12-6+. The molecule has 0 aliphatic carbocycles. The zero-order valence-electron chi connectivity index (χ0n) is 20.9. The summed E-state index contributed by atoms with van der Waals surface area (Å²) < 4.78 is 5.60. The lowest BCUT2D eigenvalue weighted by Crippen LogP contribution is -2.48. The van der Waals surface area contributed by atoms with Crippen LogP contribution >= 0.6 is 34.8 Å². The van der Waals surface area contributed by atoms with Gasteiger partial charge in [-0.3, -0.25) is 9.59 Å². The Kier molecular flexibility index (Phi) is 9.56. The predicted molar refractivity (Wildman–Crippen MR) is 156 cm³/mol. The van der Waals surface area contributed by atoms with Crippen LogP contribution in [-0.2, 0) is 4.79 Å². The lowest BCUT2D eigenvalue weighted by molar-refractivity contribution is -0.111. The van der Waals surface area contributed by atoms with Gasteiger partial charge in [0.15, 0.2) is 0 Å². The van der Waals surface area contributed by atoms with E-state index in [1.165, 1.54) is 6.08 Å². The van der Waals surface area contributed by atoms with Crippen molar-refractivity contribution in [3.63, 3.8) is 0 Å². The highest BCUT2D eigenvalue weighted by molar-refractivity contribution is 6.35. The van der Waals surface area contributed by atoms with Crippen LogP contribution in [0.5, 0.6) is 5.75 Å². The van der Waals surface area contributed by atoms with E-state index < -0.39 is 0 Å². The SMILES string of the molecule is CCCOc1ccc(C(=O)N2CCN(c3ccc(NC(=O)/C=C/c4ccc(Cl)cc4Cl)cc3Cl)CC2)cc1. The molecule has 2 amide bonds. The molecule has 6 nitrogen and oxygen atoms in total. The third kappa shape index (κ3) is 7.22. The molecular formula is C29H28Cl3N3O3. The molecule has 0 bridgehead atoms. The minimum atomic E-state index is -0.308. The molecule has 1 fully saturated rings. The smallest absolute Gasteiger partial charge is 0.253 e. The van der Waals surface area contributed by atoms with Crippen LogP contribution in [0, 0.1) is 0 Å². The van der Waals surface area contributed by atoms with Crippen LogP contribution in [0.2, 0.25) is 15.1 Å². The van der Waals surface area contributed by atoms with Gasteiger partial charge in [0, 0.05) is 53.6 Å². The van der Waals surface area contributed by atoms with Gasteiger partial charge in [0.1, 0.15) is 5.75 Å². The molecule has 0 spiro atoms. The van der Waals surface area contributed by atoms with E-state index in [4.69, 9.17) is 39.5 Å². The van der Waals surface area contributed by atoms with Crippen LogP contribution in [0.4, 0.5) is 11.4 Å². The molecule has 3 aromatic rings. The summed E-state index contributed by atoms with van der Waals surface area (Å²) in [4.78, 5) is 29.3. The Hall–Kier alpha value is -3.19. The van der Waals surface area contributed by atoms with Crippen LogP contribution in [0.15, 0.2) is 66.7 Å². The highest BCUT2D eigenvalue weighted by Crippen LogP contribution is 2.30. The first-order valence-electron chi connectivity index (χ1n) is 12.3. The summed E-state index contributed by atoms with van der Waals surface area (Å²) in [6, 6.07) is 17.8. The van der Waals surface area contributed by atoms with Gasteiger partial charge in [-0.05, 0) is 72.7 Å². The Morgan fingerprint density at radius 3 is 2.32 bits per heavy atom. The van der Waals surface area contributed by atoms with Gasteiger partial charge < -0.3 is 19.9 Å². The molecule has 1 saturated heterocycles. The molecule has 4 rings (SSSR count). The highest BCUT2D eigenvalue weighted by atomic mass is 35.5. The topological polar surface area (TPSA) is 61.9 Å². The maximum absolute atomic E-state index is 12.9. The van der Waals surface area contributed by atoms with Gasteiger partial charge in [-0.1, -0.05) is 47.8 Å². The molecule has 1 heterocycles. The second-order valence-corrected chi connectivity index (χ2v) is 10.1. The molecule has 1 N–H and O–H groups in total. The molecule has 1 aliphatic rings. The van der Waals surface area contributed by atoms with Crippen LogP contribution in [0.1, 0.15) is 29.3 Å². The number of amides is 2. The van der Waals surface area contributed by atoms with Gasteiger partial charge in [-0.2, -0.15) is 0 Å². The zero-order chi connectivity index (χ0) is 27.1. The Bertz CT molecular complexity index is 1320. The van der Waals surface area contributed by atoms with E-state index in [1.807, 2.05) is 41.3 Å². The van der Waals surface area contributed by atoms with Crippen molar-refractivity contribution in [1.82, 2.24) is 4.90 Å². The summed E-state index contributed by atoms with van der Waals surface area (Å²) in [6.45, 7) is 5.18. The minimum absolute atomic E-state index is 0.00351. The molecule has 3 aromatic carbocycles. The first-order chi connectivity index (χ1) is 18.3. The molecule has 0 unspecified atom stereocenters. The van der Waals surface area contributed by atoms with Gasteiger partial charge in [-0.25, -0.2) is 0 Å². The zero-order valence-corrected chi connectivity index (χ0v) is 23.2. The number of carbonyl (C=O) groups is 2. The van der Waals surface area contributed by atoms with Gasteiger partial charge in [0.25, 0.3) is 5.91 Å². The van der Waals surface area contributed by atoms with Gasteiger partial charge >= 0.3 is 0 Å². The summed E-state index contributed by atoms with van der Waals surface area (Å²) >= 11 is 18.6. The number of piperazine rings is 1. The number of hydrogen-bond acceptors (Lipinski definition) is 4. The fraction of sp³-hybridized carbons (Fsp3) is 0.241. The van der Waals surface area contributed by atoms with Crippen molar-refractivity contribution in [2.75, 3.05) is 43.0 Å². The number of anilines is 2. The quantitative estimate of drug-likeness (QED) is 0.294. The molecule has 0 radical (unpaired) electrons. The lowest BCUT2D eigenvalue weighted by Gasteiger charge is -2.36. The summed E-state index contributed by atoms with van der Waals surface area (Å²) in [5, 5.41) is 4.33. The first kappa shape index (κ1) is 27.8. The average Bonchev–Trinajstić information content (AvgIpc) is 2.91. The van der Waals surface area contributed by atoms with Gasteiger partial charge in [0.05, 0.1) is 17.3 Å². The van der Waals surface area contributed by atoms with E-state index in [-0.39, 0.29) is 11.8 Å². The summed E-state index contributed by atoms with van der Waals surface area (Å²) in [7, 11) is 0. The monoisotopic (exact) mass is 571 g/mol. The number of hydrogen-bond donors (Lipinski definition) is 1. The van der Waals surface area contributed by atoms with Crippen molar-refractivity contribution >= 4 is 64.1 Å². The predicted octanol–water partition coefficient (Wildman–Crippen LogP) is 7.05. The number of nitrogens with zero attached hydrogens (tertiary/aromatic N) is 2. The van der Waals surface area contributed by atoms with E-state index in [1.54, 1.807) is 30.3 Å². The van der Waals surface area contributed by atoms with Crippen molar-refractivity contribution in [3.05, 3.63) is 92.9 Å². The third-order valence-corrected chi connectivity index (χ3v) is 6.94. The Morgan fingerprint density at radius 2 is 1.66 bits per heavy atom. The van der Waals surface area contributed by atoms with E-state index in [9.17, 15) is 9.59 Å². The molecular weight excluding hydrogens is 545 g/mol. The number of rotatable bonds is 8. The molecule has 0 atom stereocenters. The van der Waals surface area contributed by atoms with E-state index in [0.29, 0.717) is 64.7 Å². The van der Waals surface area contributed by atoms with Crippen molar-refractivity contribution in [1.29, 1.82) is 0 Å². The minimum Gasteiger partial charge on any atom is -0.494 e. The van der Waals surface area contributed by atoms with Crippen molar-refractivity contribution in [2.45, 2.75) is 13.3 Å². The largest absolute Gasteiger partial charge is 0.494 e. The lowest BCUT2D eigenvalue weighted by atomic mass is 10.1. The van der Waals surface area contributed by atoms with Crippen molar-refractivity contribution in [2.24, 2.45) is 0 Å². The fourth-order valence-electron chi connectivity index (χ4n) is 4.07. The van der Waals surface area contributed by atoms with E-state index in [2.05, 4.69) is 17.1 Å². The first-order valence-corrected chi connectivity index (χ1v) is 13.5. The molecule has 0 aromatic heterocycles. The van der Waals surface area contributed by atoms with E-state index in [0.717, 1.165) is 17.9 Å². The maximum Gasteiger partial charge on any atom is 0.253 e. The van der Waals surface area contributed by atoms with Gasteiger partial charge in [-0.15, -0.1) is 0 Å². The number of benzene rings is 3. The van der Waals surface area contributed by atoms with Crippen LogP contribution in [-0.4, -0.2) is 49.5 Å². The Morgan fingerprint density at radius 1 is 0.921 bits per heavy atom. The molecule has 0 saturated carbocycles. The van der Waals surface area contributed by atoms with Gasteiger partial charge in [0.2, 0.25) is 5.91 Å². The second-order valence-electron chi connectivity index (χ2n) is 8.81. The maximum atomic E-state index is 12.9. The average molecular weight is 573 g/mol. The number of halogens is 3. The summed E-state index contributed by atoms with van der Waals surface area (Å²) in [5.74, 6) is 0.463. The van der Waals surface area contributed by atoms with Crippen molar-refractivity contribution < 1.29 is 14.3 Å². The fourth-order valence-corrected chi connectivity index (χ4v) is 4.85. The molecule has 1 aliphatic heterocycles. The van der Waals surface area contributed by atoms with E-state index >= 15 is 0 Å². The highest BCUT2D eigenvalue weighted by Gasteiger charge is 2.23. The second kappa shape index (κ2) is 13.1. The number of ether oxygens (including phenoxy) is 1. The molecule has 198 valence electrons. The van der Waals surface area contributed by atoms with Crippen molar-refractivity contribution in [3.8, 4) is 5.75 Å². The number of carbonyl (C=O) groups excluding carboxylic acids is 2. The number of nitrogens with one attached hydrogen (secondary N) is 1.